The van der Waals surface area contributed by atoms with Crippen molar-refractivity contribution < 1.29 is 14.1 Å². The number of esters is 1. The largest absolute Gasteiger partial charge is 0.469 e. The maximum absolute atomic E-state index is 10.9. The van der Waals surface area contributed by atoms with Crippen molar-refractivity contribution >= 4 is 5.97 Å². The van der Waals surface area contributed by atoms with E-state index in [-0.39, 0.29) is 12.4 Å². The predicted octanol–water partition coefficient (Wildman–Crippen LogP) is 0.974. The first-order valence-electron chi connectivity index (χ1n) is 4.75. The van der Waals surface area contributed by atoms with Crippen molar-refractivity contribution in [2.24, 2.45) is 5.73 Å². The molecule has 0 unspecified atom stereocenters. The number of nitrogens with zero attached hydrogens (tertiary/aromatic N) is 1. The quantitative estimate of drug-likeness (QED) is 0.752. The van der Waals surface area contributed by atoms with Gasteiger partial charge >= 0.3 is 5.97 Å². The van der Waals surface area contributed by atoms with Crippen molar-refractivity contribution in [3.8, 4) is 0 Å². The number of aromatic nitrogens is 1. The van der Waals surface area contributed by atoms with Gasteiger partial charge in [0.15, 0.2) is 0 Å². The number of ether oxygens (including phenoxy) is 1. The standard InChI is InChI=1S/C10H16N2O3/c1-10(2,11)8-6-7(15-12-8)4-5-9(13)14-3/h6H,4-5,11H2,1-3H3. The third-order valence-electron chi connectivity index (χ3n) is 2.02. The molecule has 0 fully saturated rings. The maximum Gasteiger partial charge on any atom is 0.305 e. The summed E-state index contributed by atoms with van der Waals surface area (Å²) in [5.74, 6) is 0.383. The average Bonchev–Trinajstić information content (AvgIpc) is 2.61. The Kier molecular flexibility index (Phi) is 3.47. The number of hydrogen-bond donors (Lipinski definition) is 1. The molecular formula is C10H16N2O3. The van der Waals surface area contributed by atoms with Gasteiger partial charge in [-0.1, -0.05) is 5.16 Å². The molecule has 0 aliphatic rings. The second kappa shape index (κ2) is 4.44. The molecule has 0 radical (unpaired) electrons. The molecule has 1 rings (SSSR count). The van der Waals surface area contributed by atoms with Crippen LogP contribution in [0.3, 0.4) is 0 Å². The van der Waals surface area contributed by atoms with Gasteiger partial charge < -0.3 is 15.0 Å². The lowest BCUT2D eigenvalue weighted by Crippen LogP contribution is -2.28. The van der Waals surface area contributed by atoms with Crippen molar-refractivity contribution in [2.45, 2.75) is 32.2 Å². The summed E-state index contributed by atoms with van der Waals surface area (Å²) >= 11 is 0. The minimum atomic E-state index is -0.521. The molecule has 0 aromatic carbocycles. The van der Waals surface area contributed by atoms with Gasteiger partial charge in [-0.05, 0) is 13.8 Å². The molecule has 84 valence electrons. The van der Waals surface area contributed by atoms with E-state index in [1.165, 1.54) is 7.11 Å². The Morgan fingerprint density at radius 2 is 2.33 bits per heavy atom. The van der Waals surface area contributed by atoms with Crippen molar-refractivity contribution in [2.75, 3.05) is 7.11 Å². The van der Waals surface area contributed by atoms with E-state index in [9.17, 15) is 4.79 Å². The van der Waals surface area contributed by atoms with Gasteiger partial charge in [0, 0.05) is 12.5 Å². The first-order chi connectivity index (χ1) is 6.93. The molecule has 15 heavy (non-hydrogen) atoms. The summed E-state index contributed by atoms with van der Waals surface area (Å²) in [6.07, 6.45) is 0.770. The number of aryl methyl sites for hydroxylation is 1. The Bertz CT molecular complexity index is 339. The lowest BCUT2D eigenvalue weighted by atomic mass is 10.0. The van der Waals surface area contributed by atoms with Crippen LogP contribution >= 0.6 is 0 Å². The van der Waals surface area contributed by atoms with E-state index >= 15 is 0 Å². The molecule has 0 aliphatic carbocycles. The van der Waals surface area contributed by atoms with Crippen LogP contribution < -0.4 is 5.73 Å². The van der Waals surface area contributed by atoms with Crippen molar-refractivity contribution in [1.29, 1.82) is 0 Å². The fourth-order valence-corrected chi connectivity index (χ4v) is 1.06. The van der Waals surface area contributed by atoms with Crippen LogP contribution in [0.2, 0.25) is 0 Å². The summed E-state index contributed by atoms with van der Waals surface area (Å²) in [5.41, 5.74) is 6.00. The molecule has 1 aromatic rings. The van der Waals surface area contributed by atoms with Gasteiger partial charge in [-0.25, -0.2) is 0 Å². The lowest BCUT2D eigenvalue weighted by Gasteiger charge is -2.12. The van der Waals surface area contributed by atoms with Gasteiger partial charge in [0.25, 0.3) is 0 Å². The van der Waals surface area contributed by atoms with E-state index in [0.717, 1.165) is 0 Å². The number of carbonyl (C=O) groups excluding carboxylic acids is 1. The number of hydrogen-bond acceptors (Lipinski definition) is 5. The molecule has 5 heteroatoms. The molecule has 1 aromatic heterocycles. The first kappa shape index (κ1) is 11.7. The van der Waals surface area contributed by atoms with Gasteiger partial charge in [-0.2, -0.15) is 0 Å². The molecule has 1 heterocycles. The zero-order valence-electron chi connectivity index (χ0n) is 9.24. The molecule has 0 amide bonds. The highest BCUT2D eigenvalue weighted by Crippen LogP contribution is 2.17. The van der Waals surface area contributed by atoms with Crippen molar-refractivity contribution in [3.63, 3.8) is 0 Å². The molecule has 0 spiro atoms. The number of carbonyl (C=O) groups is 1. The topological polar surface area (TPSA) is 78.4 Å². The third-order valence-corrected chi connectivity index (χ3v) is 2.02. The van der Waals surface area contributed by atoms with Gasteiger partial charge in [-0.3, -0.25) is 4.79 Å². The first-order valence-corrected chi connectivity index (χ1v) is 4.75. The summed E-state index contributed by atoms with van der Waals surface area (Å²) in [5, 5.41) is 3.84. The van der Waals surface area contributed by atoms with E-state index in [0.29, 0.717) is 17.9 Å². The lowest BCUT2D eigenvalue weighted by molar-refractivity contribution is -0.140. The van der Waals surface area contributed by atoms with Gasteiger partial charge in [0.05, 0.1) is 19.1 Å². The minimum Gasteiger partial charge on any atom is -0.469 e. The van der Waals surface area contributed by atoms with Gasteiger partial charge in [0.2, 0.25) is 0 Å². The number of rotatable bonds is 4. The SMILES string of the molecule is COC(=O)CCc1cc(C(C)(C)N)no1. The Labute approximate surface area is 88.6 Å². The third kappa shape index (κ3) is 3.36. The smallest absolute Gasteiger partial charge is 0.305 e. The second-order valence-electron chi connectivity index (χ2n) is 3.98. The highest BCUT2D eigenvalue weighted by atomic mass is 16.5. The van der Waals surface area contributed by atoms with Crippen LogP contribution in [-0.2, 0) is 21.5 Å². The molecule has 0 aliphatic heterocycles. The molecule has 5 nitrogen and oxygen atoms in total. The minimum absolute atomic E-state index is 0.264. The highest BCUT2D eigenvalue weighted by molar-refractivity contribution is 5.69. The van der Waals surface area contributed by atoms with Crippen LogP contribution in [0.15, 0.2) is 10.6 Å². The summed E-state index contributed by atoms with van der Waals surface area (Å²) < 4.78 is 9.57. The van der Waals surface area contributed by atoms with E-state index in [4.69, 9.17) is 10.3 Å². The predicted molar refractivity (Wildman–Crippen MR) is 54.1 cm³/mol. The zero-order chi connectivity index (χ0) is 11.5. The monoisotopic (exact) mass is 212 g/mol. The molecular weight excluding hydrogens is 196 g/mol. The highest BCUT2D eigenvalue weighted by Gasteiger charge is 2.19. The van der Waals surface area contributed by atoms with Crippen LogP contribution in [0.1, 0.15) is 31.7 Å². The van der Waals surface area contributed by atoms with E-state index in [1.807, 2.05) is 13.8 Å². The number of methoxy groups -OCH3 is 1. The summed E-state index contributed by atoms with van der Waals surface area (Å²) in [4.78, 5) is 10.9. The number of nitrogens with two attached hydrogens (primary N) is 1. The van der Waals surface area contributed by atoms with Crippen LogP contribution in [0, 0.1) is 0 Å². The van der Waals surface area contributed by atoms with Crippen LogP contribution in [0.25, 0.3) is 0 Å². The summed E-state index contributed by atoms with van der Waals surface area (Å²) in [7, 11) is 1.36. The average molecular weight is 212 g/mol. The van der Waals surface area contributed by atoms with Crippen molar-refractivity contribution in [1.82, 2.24) is 5.16 Å². The van der Waals surface area contributed by atoms with E-state index in [1.54, 1.807) is 6.07 Å². The molecule has 2 N–H and O–H groups in total. The second-order valence-corrected chi connectivity index (χ2v) is 3.98. The normalized spacial score (nSPS) is 11.5. The van der Waals surface area contributed by atoms with E-state index < -0.39 is 5.54 Å². The zero-order valence-corrected chi connectivity index (χ0v) is 9.24. The fourth-order valence-electron chi connectivity index (χ4n) is 1.06. The Balaban J connectivity index is 2.58. The van der Waals surface area contributed by atoms with E-state index in [2.05, 4.69) is 9.89 Å². The summed E-state index contributed by atoms with van der Waals surface area (Å²) in [6, 6.07) is 1.77. The Hall–Kier alpha value is -1.36. The van der Waals surface area contributed by atoms with Crippen LogP contribution in [-0.4, -0.2) is 18.2 Å². The van der Waals surface area contributed by atoms with Crippen molar-refractivity contribution in [3.05, 3.63) is 17.5 Å². The molecule has 0 saturated carbocycles. The Morgan fingerprint density at radius 3 is 2.80 bits per heavy atom. The Morgan fingerprint density at radius 1 is 1.67 bits per heavy atom. The maximum atomic E-state index is 10.9. The molecule has 0 atom stereocenters. The fraction of sp³-hybridized carbons (Fsp3) is 0.600. The molecule has 0 bridgehead atoms. The van der Waals surface area contributed by atoms with Crippen LogP contribution in [0.4, 0.5) is 0 Å². The molecule has 0 saturated heterocycles. The van der Waals surface area contributed by atoms with Crippen LogP contribution in [0.5, 0.6) is 0 Å². The van der Waals surface area contributed by atoms with Gasteiger partial charge in [-0.15, -0.1) is 0 Å². The van der Waals surface area contributed by atoms with Gasteiger partial charge in [0.1, 0.15) is 11.5 Å². The summed E-state index contributed by atoms with van der Waals surface area (Å²) in [6.45, 7) is 3.68.